The maximum Gasteiger partial charge on any atom is 0.411 e. The second-order valence-corrected chi connectivity index (χ2v) is 4.07. The molecule has 1 aromatic carbocycles. The van der Waals surface area contributed by atoms with E-state index in [0.717, 1.165) is 12.1 Å². The molecule has 6 heteroatoms. The molecule has 1 rings (SSSR count). The number of amides is 1. The number of carbonyl (C=O) groups excluding carboxylic acids is 1. The summed E-state index contributed by atoms with van der Waals surface area (Å²) in [5, 5.41) is 8.71. The van der Waals surface area contributed by atoms with Gasteiger partial charge in [0.15, 0.2) is 5.96 Å². The van der Waals surface area contributed by atoms with Crippen molar-refractivity contribution in [2.75, 3.05) is 25.5 Å². The van der Waals surface area contributed by atoms with Crippen LogP contribution in [0.3, 0.4) is 0 Å². The highest BCUT2D eigenvalue weighted by molar-refractivity contribution is 5.84. The molecule has 1 aromatic rings. The van der Waals surface area contributed by atoms with Crippen molar-refractivity contribution >= 4 is 17.7 Å². The molecule has 0 saturated carbocycles. The summed E-state index contributed by atoms with van der Waals surface area (Å²) in [4.78, 5) is 15.5. The topological polar surface area (TPSA) is 74.8 Å². The van der Waals surface area contributed by atoms with Gasteiger partial charge in [0.05, 0.1) is 20.2 Å². The van der Waals surface area contributed by atoms with Crippen molar-refractivity contribution in [2.45, 2.75) is 13.5 Å². The Hall–Kier alpha value is -2.68. The maximum absolute atomic E-state index is 11.1. The third kappa shape index (κ3) is 6.34. The van der Waals surface area contributed by atoms with E-state index in [9.17, 15) is 4.79 Å². The van der Waals surface area contributed by atoms with Crippen LogP contribution in [0.5, 0.6) is 0 Å². The molecule has 3 N–H and O–H groups in total. The van der Waals surface area contributed by atoms with Gasteiger partial charge in [0.25, 0.3) is 0 Å². The minimum Gasteiger partial charge on any atom is -0.453 e. The van der Waals surface area contributed by atoms with Crippen molar-refractivity contribution in [1.29, 1.82) is 0 Å². The number of rotatable bonds is 5. The zero-order valence-corrected chi connectivity index (χ0v) is 12.3. The van der Waals surface area contributed by atoms with Crippen LogP contribution in [-0.2, 0) is 11.3 Å². The molecule has 6 nitrogen and oxygen atoms in total. The number of carbonyl (C=O) groups is 1. The van der Waals surface area contributed by atoms with Gasteiger partial charge in [-0.15, -0.1) is 6.42 Å². The molecule has 0 spiro atoms. The number of benzene rings is 1. The normalized spacial score (nSPS) is 10.4. The lowest BCUT2D eigenvalue weighted by molar-refractivity contribution is 0.187. The van der Waals surface area contributed by atoms with E-state index in [2.05, 4.69) is 31.6 Å². The molecule has 0 unspecified atom stereocenters. The Bertz CT molecular complexity index is 517. The minimum absolute atomic E-state index is 0.424. The average molecular weight is 288 g/mol. The van der Waals surface area contributed by atoms with E-state index >= 15 is 0 Å². The van der Waals surface area contributed by atoms with Crippen LogP contribution in [0.1, 0.15) is 12.5 Å². The number of ether oxygens (including phenoxy) is 1. The van der Waals surface area contributed by atoms with Crippen LogP contribution >= 0.6 is 0 Å². The van der Waals surface area contributed by atoms with E-state index < -0.39 is 6.09 Å². The van der Waals surface area contributed by atoms with Crippen molar-refractivity contribution in [3.8, 4) is 12.3 Å². The lowest BCUT2D eigenvalue weighted by Crippen LogP contribution is -2.37. The van der Waals surface area contributed by atoms with Gasteiger partial charge in [-0.3, -0.25) is 5.32 Å². The summed E-state index contributed by atoms with van der Waals surface area (Å²) in [6.45, 7) is 3.69. The molecule has 0 radical (unpaired) electrons. The molecule has 0 saturated heterocycles. The van der Waals surface area contributed by atoms with Crippen LogP contribution < -0.4 is 16.0 Å². The zero-order valence-electron chi connectivity index (χ0n) is 12.3. The van der Waals surface area contributed by atoms with Gasteiger partial charge in [-0.1, -0.05) is 18.1 Å². The molecule has 112 valence electrons. The summed E-state index contributed by atoms with van der Waals surface area (Å²) in [5.74, 6) is 3.18. The summed E-state index contributed by atoms with van der Waals surface area (Å²) in [5.41, 5.74) is 1.69. The second kappa shape index (κ2) is 9.26. The van der Waals surface area contributed by atoms with E-state index in [1.54, 1.807) is 12.1 Å². The Kier molecular flexibility index (Phi) is 7.22. The first-order valence-electron chi connectivity index (χ1n) is 6.59. The van der Waals surface area contributed by atoms with Crippen LogP contribution in [0.25, 0.3) is 0 Å². The smallest absolute Gasteiger partial charge is 0.411 e. The fourth-order valence-corrected chi connectivity index (χ4v) is 1.51. The number of hydrogen-bond acceptors (Lipinski definition) is 3. The molecule has 0 heterocycles. The summed E-state index contributed by atoms with van der Waals surface area (Å²) in [6, 6.07) is 7.37. The number of nitrogens with zero attached hydrogens (tertiary/aromatic N) is 1. The Balaban J connectivity index is 2.61. The maximum atomic E-state index is 11.1. The van der Waals surface area contributed by atoms with Gasteiger partial charge in [-0.05, 0) is 24.6 Å². The summed E-state index contributed by atoms with van der Waals surface area (Å²) in [7, 11) is 1.32. The zero-order chi connectivity index (χ0) is 15.5. The summed E-state index contributed by atoms with van der Waals surface area (Å²) >= 11 is 0. The Morgan fingerprint density at radius 2 is 2.05 bits per heavy atom. The van der Waals surface area contributed by atoms with Crippen molar-refractivity contribution in [3.05, 3.63) is 29.8 Å². The molecular weight excluding hydrogens is 268 g/mol. The third-order valence-electron chi connectivity index (χ3n) is 2.51. The fraction of sp³-hybridized carbons (Fsp3) is 0.333. The molecule has 0 aliphatic carbocycles. The Morgan fingerprint density at radius 3 is 2.62 bits per heavy atom. The highest BCUT2D eigenvalue weighted by Crippen LogP contribution is 2.10. The molecule has 0 aliphatic rings. The molecule has 21 heavy (non-hydrogen) atoms. The fourth-order valence-electron chi connectivity index (χ4n) is 1.51. The predicted octanol–water partition coefficient (Wildman–Crippen LogP) is 1.55. The monoisotopic (exact) mass is 288 g/mol. The lowest BCUT2D eigenvalue weighted by atomic mass is 10.2. The van der Waals surface area contributed by atoms with Crippen LogP contribution in [0, 0.1) is 12.3 Å². The Morgan fingerprint density at radius 1 is 1.33 bits per heavy atom. The van der Waals surface area contributed by atoms with Gasteiger partial charge in [-0.25, -0.2) is 9.79 Å². The van der Waals surface area contributed by atoms with Gasteiger partial charge in [0.1, 0.15) is 0 Å². The first-order chi connectivity index (χ1) is 10.2. The second-order valence-electron chi connectivity index (χ2n) is 4.07. The first-order valence-corrected chi connectivity index (χ1v) is 6.59. The molecule has 0 bridgehead atoms. The van der Waals surface area contributed by atoms with Crippen LogP contribution in [0.4, 0.5) is 10.5 Å². The molecule has 0 fully saturated rings. The average Bonchev–Trinajstić information content (AvgIpc) is 2.51. The largest absolute Gasteiger partial charge is 0.453 e. The minimum atomic E-state index is -0.492. The number of aliphatic imine (C=N–C) groups is 1. The number of terminal acetylenes is 1. The number of hydrogen-bond donors (Lipinski definition) is 3. The predicted molar refractivity (Wildman–Crippen MR) is 84.1 cm³/mol. The van der Waals surface area contributed by atoms with E-state index in [1.165, 1.54) is 7.11 Å². The van der Waals surface area contributed by atoms with Gasteiger partial charge in [0.2, 0.25) is 0 Å². The molecule has 0 aliphatic heterocycles. The van der Waals surface area contributed by atoms with E-state index in [0.29, 0.717) is 24.7 Å². The van der Waals surface area contributed by atoms with E-state index in [4.69, 9.17) is 6.42 Å². The van der Waals surface area contributed by atoms with Crippen molar-refractivity contribution in [1.82, 2.24) is 10.6 Å². The first kappa shape index (κ1) is 16.4. The number of guanidine groups is 1. The van der Waals surface area contributed by atoms with Gasteiger partial charge in [-0.2, -0.15) is 0 Å². The molecular formula is C15H20N4O2. The molecule has 0 atom stereocenters. The Labute approximate surface area is 125 Å². The van der Waals surface area contributed by atoms with Gasteiger partial charge < -0.3 is 15.4 Å². The molecule has 1 amide bonds. The summed E-state index contributed by atoms with van der Waals surface area (Å²) < 4.78 is 4.52. The number of nitrogens with one attached hydrogen (secondary N) is 3. The van der Waals surface area contributed by atoms with Crippen molar-refractivity contribution in [2.24, 2.45) is 4.99 Å². The van der Waals surface area contributed by atoms with Crippen LogP contribution in [-0.4, -0.2) is 32.3 Å². The van der Waals surface area contributed by atoms with Gasteiger partial charge >= 0.3 is 6.09 Å². The van der Waals surface area contributed by atoms with Crippen molar-refractivity contribution < 1.29 is 9.53 Å². The lowest BCUT2D eigenvalue weighted by Gasteiger charge is -2.09. The summed E-state index contributed by atoms with van der Waals surface area (Å²) in [6.07, 6.45) is 4.72. The molecule has 0 aromatic heterocycles. The number of anilines is 1. The highest BCUT2D eigenvalue weighted by atomic mass is 16.5. The third-order valence-corrected chi connectivity index (χ3v) is 2.51. The van der Waals surface area contributed by atoms with E-state index in [-0.39, 0.29) is 0 Å². The van der Waals surface area contributed by atoms with Gasteiger partial charge in [0, 0.05) is 12.2 Å². The SMILES string of the molecule is C#CCNC(=NCc1ccc(NC(=O)OC)cc1)NCC. The van der Waals surface area contributed by atoms with Crippen LogP contribution in [0.2, 0.25) is 0 Å². The number of methoxy groups -OCH3 is 1. The standard InChI is InChI=1S/C15H20N4O2/c1-4-10-17-14(16-5-2)18-11-12-6-8-13(9-7-12)19-15(20)21-3/h1,6-9H,5,10-11H2,2-3H3,(H,19,20)(H2,16,17,18). The van der Waals surface area contributed by atoms with E-state index in [1.807, 2.05) is 19.1 Å². The van der Waals surface area contributed by atoms with Crippen LogP contribution in [0.15, 0.2) is 29.3 Å². The van der Waals surface area contributed by atoms with Crippen molar-refractivity contribution in [3.63, 3.8) is 0 Å². The highest BCUT2D eigenvalue weighted by Gasteiger charge is 2.00. The quantitative estimate of drug-likeness (QED) is 0.436.